The first-order chi connectivity index (χ1) is 20.4. The number of aryl methyl sites for hydroxylation is 1. The third-order valence-corrected chi connectivity index (χ3v) is 8.77. The van der Waals surface area contributed by atoms with Crippen LogP contribution in [0.5, 0.6) is 0 Å². The molecule has 1 amide bonds. The lowest BCUT2D eigenvalue weighted by Crippen LogP contribution is -2.43. The number of nitrogens with zero attached hydrogens (tertiary/aromatic N) is 2. The Morgan fingerprint density at radius 3 is 2.52 bits per heavy atom. The van der Waals surface area contributed by atoms with Crippen LogP contribution in [0.15, 0.2) is 91.0 Å². The molecule has 1 N–H and O–H groups in total. The van der Waals surface area contributed by atoms with E-state index in [-0.39, 0.29) is 17.8 Å². The fourth-order valence-corrected chi connectivity index (χ4v) is 6.71. The number of aliphatic carboxylic acids is 1. The maximum Gasteiger partial charge on any atom is 0.326 e. The van der Waals surface area contributed by atoms with Gasteiger partial charge in [0.1, 0.15) is 11.9 Å². The van der Waals surface area contributed by atoms with Crippen molar-refractivity contribution in [1.29, 1.82) is 0 Å². The number of carboxylic acid groups (broad SMARTS) is 1. The third kappa shape index (κ3) is 5.29. The SMILES string of the molecule is CCC(C(=O)O)n1c2c(c3cc(F)ccc31)CC(N(Cc1cccc3ccccc13)C(=O)CCc1ccccc1)CC2. The molecule has 0 aliphatic heterocycles. The van der Waals surface area contributed by atoms with Crippen molar-refractivity contribution in [3.63, 3.8) is 0 Å². The summed E-state index contributed by atoms with van der Waals surface area (Å²) in [5, 5.41) is 13.0. The van der Waals surface area contributed by atoms with Gasteiger partial charge in [0, 0.05) is 35.6 Å². The molecule has 2 atom stereocenters. The fourth-order valence-electron chi connectivity index (χ4n) is 6.71. The molecular weight excluding hydrogens is 527 g/mol. The molecule has 0 radical (unpaired) electrons. The monoisotopic (exact) mass is 562 g/mol. The van der Waals surface area contributed by atoms with Crippen LogP contribution in [0.4, 0.5) is 4.39 Å². The average molecular weight is 563 g/mol. The Morgan fingerprint density at radius 2 is 1.74 bits per heavy atom. The summed E-state index contributed by atoms with van der Waals surface area (Å²) in [5.74, 6) is -1.15. The van der Waals surface area contributed by atoms with Crippen LogP contribution >= 0.6 is 0 Å². The van der Waals surface area contributed by atoms with Crippen LogP contribution in [0.25, 0.3) is 21.7 Å². The molecule has 1 heterocycles. The van der Waals surface area contributed by atoms with E-state index in [2.05, 4.69) is 24.3 Å². The summed E-state index contributed by atoms with van der Waals surface area (Å²) in [7, 11) is 0. The van der Waals surface area contributed by atoms with E-state index in [0.717, 1.165) is 44.1 Å². The molecule has 1 aliphatic rings. The van der Waals surface area contributed by atoms with E-state index in [0.29, 0.717) is 45.1 Å². The topological polar surface area (TPSA) is 62.5 Å². The predicted octanol–water partition coefficient (Wildman–Crippen LogP) is 7.49. The molecule has 0 saturated heterocycles. The molecule has 2 unspecified atom stereocenters. The van der Waals surface area contributed by atoms with E-state index in [1.54, 1.807) is 6.07 Å². The molecule has 214 valence electrons. The number of hydrogen-bond acceptors (Lipinski definition) is 2. The molecule has 4 aromatic carbocycles. The van der Waals surface area contributed by atoms with Crippen molar-refractivity contribution in [2.75, 3.05) is 0 Å². The molecule has 0 fully saturated rings. The summed E-state index contributed by atoms with van der Waals surface area (Å²) < 4.78 is 16.4. The van der Waals surface area contributed by atoms with Gasteiger partial charge in [-0.3, -0.25) is 4.79 Å². The number of halogens is 1. The van der Waals surface area contributed by atoms with E-state index in [1.165, 1.54) is 12.1 Å². The second-order valence-corrected chi connectivity index (χ2v) is 11.3. The highest BCUT2D eigenvalue weighted by atomic mass is 19.1. The van der Waals surface area contributed by atoms with E-state index in [4.69, 9.17) is 0 Å². The van der Waals surface area contributed by atoms with Gasteiger partial charge in [0.25, 0.3) is 0 Å². The zero-order valence-electron chi connectivity index (χ0n) is 23.8. The first-order valence-corrected chi connectivity index (χ1v) is 14.8. The molecular formula is C36H35FN2O3. The quantitative estimate of drug-likeness (QED) is 0.203. The van der Waals surface area contributed by atoms with Crippen LogP contribution < -0.4 is 0 Å². The lowest BCUT2D eigenvalue weighted by Gasteiger charge is -2.36. The number of carboxylic acids is 1. The zero-order chi connectivity index (χ0) is 29.2. The van der Waals surface area contributed by atoms with Crippen LogP contribution in [-0.2, 0) is 35.4 Å². The molecule has 0 saturated carbocycles. The Balaban J connectivity index is 1.38. The van der Waals surface area contributed by atoms with Gasteiger partial charge in [0.2, 0.25) is 5.91 Å². The Morgan fingerprint density at radius 1 is 0.976 bits per heavy atom. The Hall–Kier alpha value is -4.45. The predicted molar refractivity (Wildman–Crippen MR) is 164 cm³/mol. The number of aromatic nitrogens is 1. The number of rotatable bonds is 9. The second kappa shape index (κ2) is 11.8. The summed E-state index contributed by atoms with van der Waals surface area (Å²) in [5.41, 5.74) is 4.87. The number of amides is 1. The largest absolute Gasteiger partial charge is 0.480 e. The first-order valence-electron chi connectivity index (χ1n) is 14.8. The maximum absolute atomic E-state index is 14.5. The van der Waals surface area contributed by atoms with Crippen molar-refractivity contribution >= 4 is 33.6 Å². The van der Waals surface area contributed by atoms with Gasteiger partial charge in [-0.1, -0.05) is 79.7 Å². The van der Waals surface area contributed by atoms with Crippen molar-refractivity contribution in [2.45, 2.75) is 64.1 Å². The molecule has 0 bridgehead atoms. The molecule has 5 aromatic rings. The van der Waals surface area contributed by atoms with Crippen molar-refractivity contribution in [3.05, 3.63) is 119 Å². The van der Waals surface area contributed by atoms with Crippen LogP contribution in [0.1, 0.15) is 54.6 Å². The van der Waals surface area contributed by atoms with E-state index in [9.17, 15) is 19.1 Å². The molecule has 5 nitrogen and oxygen atoms in total. The standard InChI is InChI=1S/C36H35FN2O3/c1-2-32(36(41)42)39-33-18-16-27(37)21-30(33)31-22-28(17-19-34(31)39)38(35(40)20-15-24-9-4-3-5-10-24)23-26-13-8-12-25-11-6-7-14-29(25)26/h3-14,16,18,21,28,32H,2,15,17,19-20,22-23H2,1H3,(H,41,42). The number of carbonyl (C=O) groups is 2. The minimum Gasteiger partial charge on any atom is -0.480 e. The third-order valence-electron chi connectivity index (χ3n) is 8.77. The van der Waals surface area contributed by atoms with Gasteiger partial charge in [0.05, 0.1) is 0 Å². The number of fused-ring (bicyclic) bond motifs is 4. The smallest absolute Gasteiger partial charge is 0.326 e. The Bertz CT molecular complexity index is 1760. The highest BCUT2D eigenvalue weighted by Crippen LogP contribution is 2.38. The van der Waals surface area contributed by atoms with Crippen molar-refractivity contribution in [3.8, 4) is 0 Å². The lowest BCUT2D eigenvalue weighted by molar-refractivity contribution is -0.141. The number of hydrogen-bond donors (Lipinski definition) is 1. The van der Waals surface area contributed by atoms with Gasteiger partial charge >= 0.3 is 5.97 Å². The molecule has 6 rings (SSSR count). The molecule has 1 aliphatic carbocycles. The van der Waals surface area contributed by atoms with Crippen molar-refractivity contribution in [2.24, 2.45) is 0 Å². The molecule has 1 aromatic heterocycles. The Labute approximate surface area is 245 Å². The van der Waals surface area contributed by atoms with Gasteiger partial charge in [-0.15, -0.1) is 0 Å². The lowest BCUT2D eigenvalue weighted by atomic mass is 9.89. The molecule has 6 heteroatoms. The van der Waals surface area contributed by atoms with Crippen LogP contribution in [0.3, 0.4) is 0 Å². The van der Waals surface area contributed by atoms with Crippen molar-refractivity contribution < 1.29 is 19.1 Å². The fraction of sp³-hybridized carbons (Fsp3) is 0.278. The minimum absolute atomic E-state index is 0.0899. The van der Waals surface area contributed by atoms with E-state index < -0.39 is 12.0 Å². The van der Waals surface area contributed by atoms with Crippen LogP contribution in [0.2, 0.25) is 0 Å². The van der Waals surface area contributed by atoms with Crippen LogP contribution in [-0.4, -0.2) is 32.5 Å². The first kappa shape index (κ1) is 27.7. The van der Waals surface area contributed by atoms with Crippen molar-refractivity contribution in [1.82, 2.24) is 9.47 Å². The van der Waals surface area contributed by atoms with Gasteiger partial charge in [-0.25, -0.2) is 9.18 Å². The highest BCUT2D eigenvalue weighted by Gasteiger charge is 2.34. The van der Waals surface area contributed by atoms with Crippen LogP contribution in [0, 0.1) is 5.82 Å². The van der Waals surface area contributed by atoms with E-state index >= 15 is 0 Å². The maximum atomic E-state index is 14.5. The molecule has 42 heavy (non-hydrogen) atoms. The van der Waals surface area contributed by atoms with Gasteiger partial charge in [0.15, 0.2) is 0 Å². The second-order valence-electron chi connectivity index (χ2n) is 11.3. The summed E-state index contributed by atoms with van der Waals surface area (Å²) in [4.78, 5) is 28.3. The Kier molecular flexibility index (Phi) is 7.79. The summed E-state index contributed by atoms with van der Waals surface area (Å²) >= 11 is 0. The number of benzene rings is 4. The van der Waals surface area contributed by atoms with Gasteiger partial charge in [-0.2, -0.15) is 0 Å². The summed E-state index contributed by atoms with van der Waals surface area (Å²) in [6.45, 7) is 2.35. The minimum atomic E-state index is -0.891. The highest BCUT2D eigenvalue weighted by molar-refractivity contribution is 5.89. The molecule has 0 spiro atoms. The zero-order valence-corrected chi connectivity index (χ0v) is 23.8. The van der Waals surface area contributed by atoms with Gasteiger partial charge in [-0.05, 0) is 77.8 Å². The van der Waals surface area contributed by atoms with Gasteiger partial charge < -0.3 is 14.6 Å². The summed E-state index contributed by atoms with van der Waals surface area (Å²) in [6, 6.07) is 28.3. The normalized spacial score (nSPS) is 15.4. The number of carbonyl (C=O) groups excluding carboxylic acids is 1. The summed E-state index contributed by atoms with van der Waals surface area (Å²) in [6.07, 6.45) is 3.37. The van der Waals surface area contributed by atoms with E-state index in [1.807, 2.05) is 64.9 Å². The average Bonchev–Trinajstić information content (AvgIpc) is 3.32.